The second kappa shape index (κ2) is 10.9. The molecule has 2 N–H and O–H groups in total. The van der Waals surface area contributed by atoms with Gasteiger partial charge in [-0.1, -0.05) is 26.7 Å². The largest absolute Gasteiger partial charge is 0.483 e. The topological polar surface area (TPSA) is 74.6 Å². The summed E-state index contributed by atoms with van der Waals surface area (Å²) >= 11 is 0. The summed E-state index contributed by atoms with van der Waals surface area (Å²) in [4.78, 5) is 18.8. The van der Waals surface area contributed by atoms with Crippen molar-refractivity contribution in [2.24, 2.45) is 5.92 Å². The van der Waals surface area contributed by atoms with E-state index in [1.165, 1.54) is 0 Å². The Hall–Kier alpha value is -1.06. The van der Waals surface area contributed by atoms with Gasteiger partial charge in [-0.3, -0.25) is 9.59 Å². The van der Waals surface area contributed by atoms with Crippen molar-refractivity contribution in [1.82, 2.24) is 0 Å². The third kappa shape index (κ3) is 10.9. The minimum Gasteiger partial charge on any atom is -0.483 e. The van der Waals surface area contributed by atoms with Crippen LogP contribution in [0.5, 0.6) is 0 Å². The molecule has 0 aromatic rings. The summed E-state index contributed by atoms with van der Waals surface area (Å²) in [5.41, 5.74) is 0. The molecular formula is C9H18O4. The molecule has 0 saturated heterocycles. The lowest BCUT2D eigenvalue weighted by atomic mass is 9.99. The molecule has 0 bridgehead atoms. The fourth-order valence-corrected chi connectivity index (χ4v) is 1.09. The molecular weight excluding hydrogens is 172 g/mol. The molecule has 0 aliphatic rings. The highest BCUT2D eigenvalue weighted by Crippen LogP contribution is 2.12. The molecule has 0 aliphatic carbocycles. The van der Waals surface area contributed by atoms with E-state index in [0.717, 1.165) is 25.7 Å². The zero-order valence-electron chi connectivity index (χ0n) is 8.19. The van der Waals surface area contributed by atoms with Crippen molar-refractivity contribution in [2.75, 3.05) is 0 Å². The predicted octanol–water partition coefficient (Wildman–Crippen LogP) is 1.99. The highest BCUT2D eigenvalue weighted by atomic mass is 16.4. The van der Waals surface area contributed by atoms with Crippen LogP contribution in [-0.4, -0.2) is 22.7 Å². The molecule has 0 aromatic heterocycles. The summed E-state index contributed by atoms with van der Waals surface area (Å²) in [6, 6.07) is 0. The van der Waals surface area contributed by atoms with Crippen LogP contribution < -0.4 is 0 Å². The van der Waals surface area contributed by atoms with Crippen LogP contribution >= 0.6 is 0 Å². The van der Waals surface area contributed by atoms with E-state index in [1.807, 2.05) is 13.8 Å². The number of hydrogen-bond donors (Lipinski definition) is 2. The van der Waals surface area contributed by atoms with Gasteiger partial charge in [-0.2, -0.15) is 0 Å². The summed E-state index contributed by atoms with van der Waals surface area (Å²) in [6.07, 6.45) is 3.58. The zero-order valence-corrected chi connectivity index (χ0v) is 8.19. The lowest BCUT2D eigenvalue weighted by Gasteiger charge is -2.07. The number of carboxylic acids is 1. The van der Waals surface area contributed by atoms with E-state index >= 15 is 0 Å². The molecule has 4 heteroatoms. The van der Waals surface area contributed by atoms with Crippen LogP contribution in [0.4, 0.5) is 0 Å². The molecule has 0 fully saturated rings. The van der Waals surface area contributed by atoms with Crippen molar-refractivity contribution in [1.29, 1.82) is 0 Å². The fourth-order valence-electron chi connectivity index (χ4n) is 1.09. The van der Waals surface area contributed by atoms with Crippen LogP contribution in [0, 0.1) is 5.92 Å². The van der Waals surface area contributed by atoms with Crippen molar-refractivity contribution in [3.05, 3.63) is 0 Å². The minimum atomic E-state index is -0.635. The summed E-state index contributed by atoms with van der Waals surface area (Å²) in [7, 11) is 0. The lowest BCUT2D eigenvalue weighted by molar-refractivity contribution is -0.142. The van der Waals surface area contributed by atoms with Gasteiger partial charge >= 0.3 is 5.97 Å². The second-order valence-electron chi connectivity index (χ2n) is 2.72. The van der Waals surface area contributed by atoms with Crippen molar-refractivity contribution < 1.29 is 19.8 Å². The van der Waals surface area contributed by atoms with Gasteiger partial charge in [-0.15, -0.1) is 0 Å². The zero-order chi connectivity index (χ0) is 10.7. The molecule has 0 heterocycles. The molecule has 4 nitrogen and oxygen atoms in total. The maximum Gasteiger partial charge on any atom is 0.306 e. The molecule has 0 rings (SSSR count). The Morgan fingerprint density at radius 3 is 1.77 bits per heavy atom. The minimum absolute atomic E-state index is 0.102. The van der Waals surface area contributed by atoms with Crippen LogP contribution in [-0.2, 0) is 9.59 Å². The van der Waals surface area contributed by atoms with Gasteiger partial charge in [0.25, 0.3) is 6.47 Å². The summed E-state index contributed by atoms with van der Waals surface area (Å²) in [5.74, 6) is -0.737. The first-order valence-corrected chi connectivity index (χ1v) is 4.44. The maximum absolute atomic E-state index is 10.5. The van der Waals surface area contributed by atoms with Gasteiger partial charge in [0.2, 0.25) is 0 Å². The third-order valence-corrected chi connectivity index (χ3v) is 1.62. The van der Waals surface area contributed by atoms with Gasteiger partial charge in [-0.05, 0) is 12.8 Å². The fraction of sp³-hybridized carbons (Fsp3) is 0.778. The average Bonchev–Trinajstić information content (AvgIpc) is 2.05. The Labute approximate surface area is 78.6 Å². The first-order chi connectivity index (χ1) is 6.13. The Morgan fingerprint density at radius 2 is 1.62 bits per heavy atom. The van der Waals surface area contributed by atoms with E-state index in [0.29, 0.717) is 0 Å². The van der Waals surface area contributed by atoms with E-state index in [2.05, 4.69) is 0 Å². The smallest absolute Gasteiger partial charge is 0.306 e. The molecule has 0 atom stereocenters. The van der Waals surface area contributed by atoms with E-state index < -0.39 is 5.97 Å². The lowest BCUT2D eigenvalue weighted by Crippen LogP contribution is -2.12. The van der Waals surface area contributed by atoms with Gasteiger partial charge in [-0.25, -0.2) is 0 Å². The van der Waals surface area contributed by atoms with Gasteiger partial charge < -0.3 is 10.2 Å². The number of rotatable bonds is 5. The number of carbonyl (C=O) groups is 2. The molecule has 0 amide bonds. The van der Waals surface area contributed by atoms with Crippen LogP contribution in [0.3, 0.4) is 0 Å². The Morgan fingerprint density at radius 1 is 1.31 bits per heavy atom. The number of carboxylic acid groups (broad SMARTS) is 2. The standard InChI is InChI=1S/C8H16O2.CH2O2/c1-3-5-7(6-4-2)8(9)10;2-1-3/h7H,3-6H2,1-2H3,(H,9,10);1H,(H,2,3). The van der Waals surface area contributed by atoms with Gasteiger partial charge in [0.1, 0.15) is 0 Å². The molecule has 13 heavy (non-hydrogen) atoms. The van der Waals surface area contributed by atoms with Crippen molar-refractivity contribution >= 4 is 12.4 Å². The monoisotopic (exact) mass is 190 g/mol. The number of aliphatic carboxylic acids is 1. The molecule has 0 radical (unpaired) electrons. The Kier molecular flexibility index (Phi) is 12.2. The van der Waals surface area contributed by atoms with Crippen LogP contribution in [0.15, 0.2) is 0 Å². The van der Waals surface area contributed by atoms with Gasteiger partial charge in [0, 0.05) is 0 Å². The SMILES string of the molecule is CCCC(CCC)C(=O)O.O=CO. The first-order valence-electron chi connectivity index (χ1n) is 4.44. The molecule has 78 valence electrons. The van der Waals surface area contributed by atoms with Crippen LogP contribution in [0.25, 0.3) is 0 Å². The summed E-state index contributed by atoms with van der Waals surface area (Å²) in [5, 5.41) is 15.5. The number of hydrogen-bond acceptors (Lipinski definition) is 2. The highest BCUT2D eigenvalue weighted by Gasteiger charge is 2.13. The summed E-state index contributed by atoms with van der Waals surface area (Å²) in [6.45, 7) is 3.79. The van der Waals surface area contributed by atoms with E-state index in [4.69, 9.17) is 15.0 Å². The predicted molar refractivity (Wildman–Crippen MR) is 49.6 cm³/mol. The Bertz CT molecular complexity index is 128. The second-order valence-corrected chi connectivity index (χ2v) is 2.72. The Balaban J connectivity index is 0. The van der Waals surface area contributed by atoms with Crippen molar-refractivity contribution in [3.63, 3.8) is 0 Å². The quantitative estimate of drug-likeness (QED) is 0.650. The van der Waals surface area contributed by atoms with Crippen LogP contribution in [0.2, 0.25) is 0 Å². The average molecular weight is 190 g/mol. The molecule has 0 aliphatic heterocycles. The maximum atomic E-state index is 10.5. The summed E-state index contributed by atoms with van der Waals surface area (Å²) < 4.78 is 0. The van der Waals surface area contributed by atoms with Crippen molar-refractivity contribution in [2.45, 2.75) is 39.5 Å². The first kappa shape index (κ1) is 14.5. The normalized spacial score (nSPS) is 8.85. The van der Waals surface area contributed by atoms with E-state index in [-0.39, 0.29) is 12.4 Å². The highest BCUT2D eigenvalue weighted by molar-refractivity contribution is 5.69. The van der Waals surface area contributed by atoms with E-state index in [9.17, 15) is 4.79 Å². The third-order valence-electron chi connectivity index (χ3n) is 1.62. The van der Waals surface area contributed by atoms with Gasteiger partial charge in [0.05, 0.1) is 5.92 Å². The van der Waals surface area contributed by atoms with Crippen molar-refractivity contribution in [3.8, 4) is 0 Å². The molecule has 0 spiro atoms. The molecule has 0 saturated carbocycles. The van der Waals surface area contributed by atoms with Crippen LogP contribution in [0.1, 0.15) is 39.5 Å². The van der Waals surface area contributed by atoms with Gasteiger partial charge in [0.15, 0.2) is 0 Å². The molecule has 0 aromatic carbocycles. The van der Waals surface area contributed by atoms with E-state index in [1.54, 1.807) is 0 Å². The molecule has 0 unspecified atom stereocenters.